The number of aromatic hydroxyl groups is 2. The van der Waals surface area contributed by atoms with Crippen molar-refractivity contribution in [2.24, 2.45) is 46.6 Å². The van der Waals surface area contributed by atoms with Crippen LogP contribution in [0.25, 0.3) is 0 Å². The number of benzene rings is 3. The van der Waals surface area contributed by atoms with Gasteiger partial charge in [-0.15, -0.1) is 0 Å². The molecule has 0 spiro atoms. The summed E-state index contributed by atoms with van der Waals surface area (Å²) in [6.45, 7) is 18.7. The Hall–Kier alpha value is -9.43. The Balaban J connectivity index is 0.000000728. The molecule has 32 heteroatoms. The van der Waals surface area contributed by atoms with E-state index in [0.717, 1.165) is 48.8 Å². The first-order chi connectivity index (χ1) is 48.0. The predicted octanol–water partition coefficient (Wildman–Crippen LogP) is 2.98. The van der Waals surface area contributed by atoms with Gasteiger partial charge in [-0.25, -0.2) is 43.2 Å². The van der Waals surface area contributed by atoms with E-state index in [2.05, 4.69) is 97.3 Å². The highest BCUT2D eigenvalue weighted by Crippen LogP contribution is 2.14. The minimum absolute atomic E-state index is 0.00791. The van der Waals surface area contributed by atoms with E-state index in [-0.39, 0.29) is 124 Å². The van der Waals surface area contributed by atoms with Crippen LogP contribution in [0.15, 0.2) is 78.9 Å². The number of hydrogen-bond donors (Lipinski definition) is 23. The second-order valence-corrected chi connectivity index (χ2v) is 26.6. The van der Waals surface area contributed by atoms with E-state index in [4.69, 9.17) is 22.9 Å². The fourth-order valence-corrected chi connectivity index (χ4v) is 10.2. The van der Waals surface area contributed by atoms with Crippen LogP contribution in [0.2, 0.25) is 0 Å². The number of rotatable bonds is 43. The maximum absolute atomic E-state index is 13.1. The van der Waals surface area contributed by atoms with Crippen molar-refractivity contribution in [1.82, 2.24) is 90.4 Å². The third-order valence-corrected chi connectivity index (χ3v) is 16.0. The highest BCUT2D eigenvalue weighted by Gasteiger charge is 2.24. The van der Waals surface area contributed by atoms with Gasteiger partial charge in [-0.05, 0) is 136 Å². The van der Waals surface area contributed by atoms with Gasteiger partial charge in [0.2, 0.25) is 0 Å². The molecule has 27 N–H and O–H groups in total. The molecule has 0 aliphatic heterocycles. The van der Waals surface area contributed by atoms with Crippen molar-refractivity contribution in [3.8, 4) is 11.5 Å². The van der Waals surface area contributed by atoms with Crippen molar-refractivity contribution in [3.63, 3.8) is 0 Å². The summed E-state index contributed by atoms with van der Waals surface area (Å²) in [6.07, 6.45) is 7.11. The van der Waals surface area contributed by atoms with Crippen LogP contribution in [0.3, 0.4) is 0 Å². The number of hydrogen-bond acceptors (Lipinski definition) is 14. The van der Waals surface area contributed by atoms with E-state index in [9.17, 15) is 53.4 Å². The minimum Gasteiger partial charge on any atom is -0.508 e. The summed E-state index contributed by atoms with van der Waals surface area (Å²) >= 11 is 0. The summed E-state index contributed by atoms with van der Waals surface area (Å²) < 4.78 is 0. The number of nitrogens with one attached hydrogen (secondary N) is 17. The first-order valence-corrected chi connectivity index (χ1v) is 35.1. The first kappa shape index (κ1) is 87.7. The standard InChI is InChI=1S/C41H70N12O6.C28H51N9O5/c1-27(2)19-33(51-39(57)47-23-32(13-9-10-18-42)50-38(56)45-22-31(43)20-30-14-16-35(54)17-15-30)24-48-41(59)53-36(28(3)4)26-49-40(58)52-34(25-46-37(55)44-5)21-29-11-7-6-8-12-29;1-18(2)24(37-28(42)33-15-20(4)35-26(40)32-14-19(3)7-5-6-12-29)17-34-27(41)36-22(16-31-25(30)39)13-21-8-10-23(38)11-9-21/h6-8,11-12,14-17,27-28,31-34,36,54H,9-10,13,18-26,42-43H2,1-5H3,(H2,44,46,55)(H2,45,50,56)(H2,47,51,57)(H2,48,53,59)(H2,49,52,58);8-11,18-20,22,24,38H,5-7,12-17,29H2,1-4H3,(H3,30,31,39)(H2,32,35,40)(H2,33,37,42)(H2,34,36,41)/t31-,32-,33-,34-,36+;19-,20-,22-,24+/m00/s1. The van der Waals surface area contributed by atoms with E-state index < -0.39 is 60.3 Å². The summed E-state index contributed by atoms with van der Waals surface area (Å²) in [5.41, 5.74) is 25.4. The van der Waals surface area contributed by atoms with Crippen molar-refractivity contribution in [1.29, 1.82) is 0 Å². The van der Waals surface area contributed by atoms with Gasteiger partial charge in [-0.2, -0.15) is 0 Å². The molecular formula is C69H121N21O11. The highest BCUT2D eigenvalue weighted by molar-refractivity contribution is 5.79. The lowest BCUT2D eigenvalue weighted by Gasteiger charge is -2.26. The number of carbonyl (C=O) groups excluding carboxylic acids is 9. The number of unbranched alkanes of at least 4 members (excludes halogenated alkanes) is 2. The van der Waals surface area contributed by atoms with Crippen LogP contribution >= 0.6 is 0 Å². The maximum atomic E-state index is 13.1. The molecule has 3 rings (SSSR count). The number of amides is 18. The number of urea groups is 9. The Kier molecular flexibility index (Phi) is 44.1. The molecule has 568 valence electrons. The molecule has 0 aliphatic rings. The van der Waals surface area contributed by atoms with Crippen molar-refractivity contribution < 1.29 is 53.4 Å². The van der Waals surface area contributed by atoms with E-state index in [1.54, 1.807) is 43.3 Å². The topological polar surface area (TPSA) is 503 Å². The third-order valence-electron chi connectivity index (χ3n) is 16.0. The van der Waals surface area contributed by atoms with Crippen LogP contribution in [0.1, 0.15) is 117 Å². The van der Waals surface area contributed by atoms with Crippen molar-refractivity contribution in [3.05, 3.63) is 95.6 Å². The fourth-order valence-electron chi connectivity index (χ4n) is 10.2. The van der Waals surface area contributed by atoms with Gasteiger partial charge in [-0.3, -0.25) is 0 Å². The van der Waals surface area contributed by atoms with Gasteiger partial charge in [0, 0.05) is 90.1 Å². The molecule has 0 bridgehead atoms. The largest absolute Gasteiger partial charge is 0.508 e. The average Bonchev–Trinajstić information content (AvgIpc) is 0.952. The summed E-state index contributed by atoms with van der Waals surface area (Å²) in [5.74, 6) is 0.836. The number of nitrogens with two attached hydrogens (primary N) is 4. The molecule has 0 saturated carbocycles. The summed E-state index contributed by atoms with van der Waals surface area (Å²) in [5, 5.41) is 66.6. The van der Waals surface area contributed by atoms with Crippen LogP contribution < -0.4 is 113 Å². The van der Waals surface area contributed by atoms with E-state index in [1.165, 1.54) is 19.2 Å². The molecule has 0 saturated heterocycles. The molecule has 0 aliphatic carbocycles. The van der Waals surface area contributed by atoms with Gasteiger partial charge >= 0.3 is 54.3 Å². The van der Waals surface area contributed by atoms with Crippen LogP contribution in [0.4, 0.5) is 43.2 Å². The molecule has 18 amide bonds. The van der Waals surface area contributed by atoms with E-state index in [0.29, 0.717) is 57.7 Å². The molecule has 3 aromatic rings. The molecule has 0 aromatic heterocycles. The molecule has 0 radical (unpaired) electrons. The molecule has 0 heterocycles. The Morgan fingerprint density at radius 2 is 0.762 bits per heavy atom. The van der Waals surface area contributed by atoms with Gasteiger partial charge in [-0.1, -0.05) is 116 Å². The number of primary amides is 1. The lowest BCUT2D eigenvalue weighted by molar-refractivity contribution is 0.221. The van der Waals surface area contributed by atoms with Gasteiger partial charge in [0.1, 0.15) is 11.5 Å². The molecule has 9 atom stereocenters. The number of phenolic OH excluding ortho intramolecular Hbond substituents is 2. The lowest BCUT2D eigenvalue weighted by atomic mass is 10.0. The lowest BCUT2D eigenvalue weighted by Crippen LogP contribution is -2.55. The van der Waals surface area contributed by atoms with Crippen LogP contribution in [0, 0.1) is 23.7 Å². The zero-order valence-electron chi connectivity index (χ0n) is 60.7. The Morgan fingerprint density at radius 1 is 0.386 bits per heavy atom. The summed E-state index contributed by atoms with van der Waals surface area (Å²) in [6, 6.07) is 15.8. The summed E-state index contributed by atoms with van der Waals surface area (Å²) in [4.78, 5) is 112. The quantitative estimate of drug-likeness (QED) is 0.0363. The normalized spacial score (nSPS) is 13.6. The van der Waals surface area contributed by atoms with Crippen LogP contribution in [-0.2, 0) is 19.3 Å². The van der Waals surface area contributed by atoms with Gasteiger partial charge < -0.3 is 124 Å². The molecular weight excluding hydrogens is 1300 g/mol. The highest BCUT2D eigenvalue weighted by atomic mass is 16.3. The Bertz CT molecular complexity index is 2860. The number of carbonyl (C=O) groups is 9. The molecule has 32 nitrogen and oxygen atoms in total. The Labute approximate surface area is 596 Å². The van der Waals surface area contributed by atoms with Gasteiger partial charge in [0.05, 0.1) is 24.2 Å². The molecule has 101 heavy (non-hydrogen) atoms. The molecule has 0 fully saturated rings. The van der Waals surface area contributed by atoms with Gasteiger partial charge in [0.25, 0.3) is 0 Å². The average molecular weight is 1420 g/mol. The SMILES string of the molecule is CC(C)[C@@H](CNC(=O)N[C@H](CNC(N)=O)Cc1ccc(O)cc1)NC(=O)NC[C@H](C)NC(=O)NC[C@@H](C)CCCCN.CNC(=O)NC[C@H](Cc1ccccc1)NC(=O)NC[C@@H](NC(=O)NC[C@H](CC(C)C)NC(=O)NC[C@H](CCCCN)NC(=O)NC[C@@H](N)Cc1ccc(O)cc1)C(C)C. The zero-order chi connectivity index (χ0) is 75.1. The van der Waals surface area contributed by atoms with Crippen molar-refractivity contribution >= 4 is 54.3 Å². The van der Waals surface area contributed by atoms with Crippen molar-refractivity contribution in [2.75, 3.05) is 79.0 Å². The van der Waals surface area contributed by atoms with E-state index >= 15 is 0 Å². The minimum atomic E-state index is -0.711. The predicted molar refractivity (Wildman–Crippen MR) is 394 cm³/mol. The monoisotopic (exact) mass is 1420 g/mol. The number of phenols is 2. The fraction of sp³-hybridized carbons (Fsp3) is 0.609. The summed E-state index contributed by atoms with van der Waals surface area (Å²) in [7, 11) is 1.52. The first-order valence-electron chi connectivity index (χ1n) is 35.1. The smallest absolute Gasteiger partial charge is 0.315 e. The third kappa shape index (κ3) is 43.7. The van der Waals surface area contributed by atoms with Crippen molar-refractivity contribution in [2.45, 2.75) is 168 Å². The Morgan fingerprint density at radius 3 is 1.24 bits per heavy atom. The van der Waals surface area contributed by atoms with Crippen LogP contribution in [-0.4, -0.2) is 192 Å². The van der Waals surface area contributed by atoms with E-state index in [1.807, 2.05) is 71.9 Å². The molecule has 0 unspecified atom stereocenters. The van der Waals surface area contributed by atoms with Crippen LogP contribution in [0.5, 0.6) is 11.5 Å². The van der Waals surface area contributed by atoms with Gasteiger partial charge in [0.15, 0.2) is 0 Å². The second kappa shape index (κ2) is 50.8. The second-order valence-electron chi connectivity index (χ2n) is 26.6. The molecule has 3 aromatic carbocycles. The zero-order valence-corrected chi connectivity index (χ0v) is 60.7. The maximum Gasteiger partial charge on any atom is 0.315 e.